The Balaban J connectivity index is 1.81. The van der Waals surface area contributed by atoms with E-state index in [4.69, 9.17) is 0 Å². The van der Waals surface area contributed by atoms with Gasteiger partial charge in [-0.15, -0.1) is 0 Å². The van der Waals surface area contributed by atoms with Crippen LogP contribution in [0.2, 0.25) is 0 Å². The number of nitrogens with one attached hydrogen (secondary N) is 3. The van der Waals surface area contributed by atoms with Crippen LogP contribution in [0, 0.1) is 5.82 Å². The summed E-state index contributed by atoms with van der Waals surface area (Å²) in [5.41, 5.74) is -1.08. The molecule has 142 valence electrons. The molecule has 3 heterocycles. The van der Waals surface area contributed by atoms with E-state index >= 15 is 0 Å². The molecule has 0 aliphatic carbocycles. The number of rotatable bonds is 1. The minimum absolute atomic E-state index is 0.321. The highest BCUT2D eigenvalue weighted by molar-refractivity contribution is 6.17. The van der Waals surface area contributed by atoms with Crippen molar-refractivity contribution in [2.45, 2.75) is 17.0 Å². The Morgan fingerprint density at radius 3 is 2.39 bits per heavy atom. The lowest BCUT2D eigenvalue weighted by molar-refractivity contribution is -0.137. The molecule has 28 heavy (non-hydrogen) atoms. The molecule has 2 aromatic rings. The third-order valence-corrected chi connectivity index (χ3v) is 6.18. The van der Waals surface area contributed by atoms with Crippen molar-refractivity contribution in [1.29, 1.82) is 0 Å². The van der Waals surface area contributed by atoms with E-state index in [0.29, 0.717) is 23.4 Å². The van der Waals surface area contributed by atoms with E-state index in [1.54, 1.807) is 48.3 Å². The Morgan fingerprint density at radius 2 is 1.71 bits per heavy atom. The fourth-order valence-electron chi connectivity index (χ4n) is 5.13. The summed E-state index contributed by atoms with van der Waals surface area (Å²) in [4.78, 5) is 40.7. The zero-order valence-corrected chi connectivity index (χ0v) is 15.0. The summed E-state index contributed by atoms with van der Waals surface area (Å²) in [6.07, 6.45) is 0. The number of halogens is 1. The molecular weight excluding hydrogens is 363 g/mol. The predicted octanol–water partition coefficient (Wildman–Crippen LogP) is 1.28. The first-order valence-corrected chi connectivity index (χ1v) is 8.92. The van der Waals surface area contributed by atoms with Crippen molar-refractivity contribution >= 4 is 23.5 Å². The highest BCUT2D eigenvalue weighted by atomic mass is 19.1. The van der Waals surface area contributed by atoms with Crippen molar-refractivity contribution in [3.8, 4) is 0 Å². The van der Waals surface area contributed by atoms with Crippen molar-refractivity contribution in [3.05, 3.63) is 65.5 Å². The number of benzene rings is 2. The SMILES string of the molecule is CN1C[C@H](c2ccc(F)cc2)[C@]2(NC(=O)NC2=O)C12C(=O)Nc1ccccc12. The van der Waals surface area contributed by atoms with E-state index in [2.05, 4.69) is 16.0 Å². The molecule has 3 N–H and O–H groups in total. The molecule has 0 radical (unpaired) electrons. The molecule has 4 amide bonds. The number of imide groups is 1. The number of carbonyl (C=O) groups excluding carboxylic acids is 3. The number of carbonyl (C=O) groups is 3. The minimum Gasteiger partial charge on any atom is -0.324 e. The number of likely N-dealkylation sites (N-methyl/N-ethyl adjacent to an activating group) is 1. The van der Waals surface area contributed by atoms with Crippen LogP contribution in [-0.2, 0) is 15.1 Å². The topological polar surface area (TPSA) is 90.5 Å². The standard InChI is InChI=1S/C20H17FN4O3/c1-25-10-14(11-6-8-12(21)9-7-11)19(16(26)23-18(28)24-19)20(25)13-4-2-3-5-15(13)22-17(20)27/h2-9,14H,10H2,1H3,(H,22,27)(H2,23,24,26,28)/t14-,19-,20?/m1/s1. The highest BCUT2D eigenvalue weighted by Gasteiger charge is 2.76. The van der Waals surface area contributed by atoms with Crippen molar-refractivity contribution in [1.82, 2.24) is 15.5 Å². The Morgan fingerprint density at radius 1 is 1.00 bits per heavy atom. The second-order valence-corrected chi connectivity index (χ2v) is 7.41. The van der Waals surface area contributed by atoms with E-state index < -0.39 is 34.8 Å². The molecule has 1 unspecified atom stereocenters. The number of anilines is 1. The smallest absolute Gasteiger partial charge is 0.322 e. The van der Waals surface area contributed by atoms with Gasteiger partial charge in [0.25, 0.3) is 11.8 Å². The van der Waals surface area contributed by atoms with Crippen LogP contribution in [0.3, 0.4) is 0 Å². The molecule has 0 saturated carbocycles. The molecule has 8 heteroatoms. The summed E-state index contributed by atoms with van der Waals surface area (Å²) < 4.78 is 13.5. The molecular formula is C20H17FN4O3. The second-order valence-electron chi connectivity index (χ2n) is 7.41. The van der Waals surface area contributed by atoms with Gasteiger partial charge in [0.1, 0.15) is 5.82 Å². The number of hydrogen-bond donors (Lipinski definition) is 3. The lowest BCUT2D eigenvalue weighted by atomic mass is 9.67. The summed E-state index contributed by atoms with van der Waals surface area (Å²) in [6, 6.07) is 12.3. The quantitative estimate of drug-likeness (QED) is 0.650. The Hall–Kier alpha value is -3.26. The van der Waals surface area contributed by atoms with Crippen LogP contribution in [0.1, 0.15) is 17.0 Å². The highest BCUT2D eigenvalue weighted by Crippen LogP contribution is 2.57. The number of hydrogen-bond acceptors (Lipinski definition) is 4. The normalized spacial score (nSPS) is 31.2. The van der Waals surface area contributed by atoms with Crippen LogP contribution < -0.4 is 16.0 Å². The molecule has 5 rings (SSSR count). The van der Waals surface area contributed by atoms with Gasteiger partial charge in [-0.1, -0.05) is 30.3 Å². The van der Waals surface area contributed by atoms with Crippen LogP contribution in [-0.4, -0.2) is 41.9 Å². The van der Waals surface area contributed by atoms with Gasteiger partial charge in [-0.25, -0.2) is 9.18 Å². The summed E-state index contributed by atoms with van der Waals surface area (Å²) in [7, 11) is 1.75. The summed E-state index contributed by atoms with van der Waals surface area (Å²) in [6.45, 7) is 0.321. The van der Waals surface area contributed by atoms with Gasteiger partial charge in [0.15, 0.2) is 11.1 Å². The van der Waals surface area contributed by atoms with Gasteiger partial charge in [0.05, 0.1) is 0 Å². The van der Waals surface area contributed by atoms with Gasteiger partial charge >= 0.3 is 6.03 Å². The first-order valence-electron chi connectivity index (χ1n) is 8.92. The Labute approximate surface area is 159 Å². The number of urea groups is 1. The molecule has 2 saturated heterocycles. The van der Waals surface area contributed by atoms with E-state index in [1.807, 2.05) is 0 Å². The van der Waals surface area contributed by atoms with E-state index in [1.165, 1.54) is 12.1 Å². The van der Waals surface area contributed by atoms with Crippen molar-refractivity contribution in [2.24, 2.45) is 0 Å². The Kier molecular flexibility index (Phi) is 3.25. The molecule has 2 fully saturated rings. The first kappa shape index (κ1) is 16.9. The van der Waals surface area contributed by atoms with Crippen molar-refractivity contribution in [3.63, 3.8) is 0 Å². The largest absolute Gasteiger partial charge is 0.324 e. The van der Waals surface area contributed by atoms with Gasteiger partial charge in [0.2, 0.25) is 0 Å². The van der Waals surface area contributed by atoms with E-state index in [0.717, 1.165) is 0 Å². The number of nitrogens with zero attached hydrogens (tertiary/aromatic N) is 1. The first-order chi connectivity index (χ1) is 13.4. The number of likely N-dealkylation sites (tertiary alicyclic amines) is 1. The van der Waals surface area contributed by atoms with Crippen molar-refractivity contribution < 1.29 is 18.8 Å². The molecule has 3 aliphatic rings. The number of fused-ring (bicyclic) bond motifs is 3. The third kappa shape index (κ3) is 1.78. The van der Waals surface area contributed by atoms with Crippen LogP contribution in [0.4, 0.5) is 14.9 Å². The summed E-state index contributed by atoms with van der Waals surface area (Å²) in [5, 5.41) is 7.95. The van der Waals surface area contributed by atoms with E-state index in [9.17, 15) is 18.8 Å². The minimum atomic E-state index is -1.56. The van der Waals surface area contributed by atoms with E-state index in [-0.39, 0.29) is 5.91 Å². The lowest BCUT2D eigenvalue weighted by Crippen LogP contribution is -2.68. The van der Waals surface area contributed by atoms with Crippen LogP contribution >= 0.6 is 0 Å². The van der Waals surface area contributed by atoms with Gasteiger partial charge in [0, 0.05) is 23.7 Å². The second kappa shape index (κ2) is 5.39. The van der Waals surface area contributed by atoms with Gasteiger partial charge < -0.3 is 10.6 Å². The molecule has 2 spiro atoms. The van der Waals surface area contributed by atoms with Gasteiger partial charge in [-0.3, -0.25) is 19.8 Å². The van der Waals surface area contributed by atoms with Crippen LogP contribution in [0.25, 0.3) is 0 Å². The zero-order chi connectivity index (χ0) is 19.7. The molecule has 7 nitrogen and oxygen atoms in total. The van der Waals surface area contributed by atoms with Crippen LogP contribution in [0.5, 0.6) is 0 Å². The molecule has 2 aromatic carbocycles. The summed E-state index contributed by atoms with van der Waals surface area (Å²) in [5.74, 6) is -1.90. The van der Waals surface area contributed by atoms with Gasteiger partial charge in [-0.05, 0) is 30.8 Å². The Bertz CT molecular complexity index is 1040. The lowest BCUT2D eigenvalue weighted by Gasteiger charge is -2.41. The molecule has 0 aromatic heterocycles. The van der Waals surface area contributed by atoms with Crippen molar-refractivity contribution in [2.75, 3.05) is 18.9 Å². The predicted molar refractivity (Wildman–Crippen MR) is 97.9 cm³/mol. The zero-order valence-electron chi connectivity index (χ0n) is 15.0. The fraction of sp³-hybridized carbons (Fsp3) is 0.250. The van der Waals surface area contributed by atoms with Gasteiger partial charge in [-0.2, -0.15) is 0 Å². The molecule has 0 bridgehead atoms. The molecule has 3 aliphatic heterocycles. The number of para-hydroxylation sites is 1. The monoisotopic (exact) mass is 380 g/mol. The average Bonchev–Trinajstić information content (AvgIpc) is 3.23. The maximum absolute atomic E-state index is 13.5. The fourth-order valence-corrected chi connectivity index (χ4v) is 5.13. The maximum Gasteiger partial charge on any atom is 0.322 e. The summed E-state index contributed by atoms with van der Waals surface area (Å²) >= 11 is 0. The van der Waals surface area contributed by atoms with Crippen LogP contribution in [0.15, 0.2) is 48.5 Å². The molecule has 3 atom stereocenters. The maximum atomic E-state index is 13.5. The third-order valence-electron chi connectivity index (χ3n) is 6.18. The average molecular weight is 380 g/mol. The number of amides is 4.